The van der Waals surface area contributed by atoms with Crippen LogP contribution in [0.4, 0.5) is 0 Å². The number of benzene rings is 1. The fraction of sp³-hybridized carbons (Fsp3) is 0.654. The number of hydrogen-bond donors (Lipinski definition) is 3. The number of rotatable bonds is 14. The van der Waals surface area contributed by atoms with Crippen LogP contribution >= 0.6 is 0 Å². The highest BCUT2D eigenvalue weighted by Gasteiger charge is 2.50. The van der Waals surface area contributed by atoms with Crippen LogP contribution in [0.25, 0.3) is 0 Å². The summed E-state index contributed by atoms with van der Waals surface area (Å²) in [6, 6.07) is 7.73. The highest BCUT2D eigenvalue weighted by molar-refractivity contribution is 5.89. The molecule has 0 bridgehead atoms. The molecule has 0 aromatic heterocycles. The highest BCUT2D eigenvalue weighted by atomic mass is 17.1. The van der Waals surface area contributed by atoms with Gasteiger partial charge in [-0.15, -0.1) is 0 Å². The number of esters is 2. The number of carbonyl (C=O) groups is 3. The minimum atomic E-state index is -0.701. The fourth-order valence-corrected chi connectivity index (χ4v) is 5.36. The maximum absolute atomic E-state index is 13.7. The summed E-state index contributed by atoms with van der Waals surface area (Å²) >= 11 is 0. The molecule has 1 amide bonds. The first-order chi connectivity index (χ1) is 17.8. The van der Waals surface area contributed by atoms with Gasteiger partial charge in [0.25, 0.3) is 0 Å². The second kappa shape index (κ2) is 14.4. The lowest BCUT2D eigenvalue weighted by Crippen LogP contribution is -2.55. The topological polar surface area (TPSA) is 138 Å². The number of amides is 1. The first kappa shape index (κ1) is 29.0. The van der Waals surface area contributed by atoms with Crippen molar-refractivity contribution in [3.05, 3.63) is 35.9 Å². The number of nitrogens with zero attached hydrogens (tertiary/aromatic N) is 2. The van der Waals surface area contributed by atoms with E-state index in [4.69, 9.17) is 19.9 Å². The Morgan fingerprint density at radius 1 is 1.14 bits per heavy atom. The van der Waals surface area contributed by atoms with E-state index in [9.17, 15) is 14.4 Å². The van der Waals surface area contributed by atoms with Gasteiger partial charge in [-0.2, -0.15) is 0 Å². The summed E-state index contributed by atoms with van der Waals surface area (Å²) in [6.45, 7) is 3.69. The Bertz CT molecular complexity index is 884. The molecular formula is C26H39N3O8. The Morgan fingerprint density at radius 2 is 1.89 bits per heavy atom. The first-order valence-electron chi connectivity index (χ1n) is 13.1. The number of ether oxygens (including phenoxy) is 2. The Hall–Kier alpha value is -2.57. The Morgan fingerprint density at radius 3 is 2.59 bits per heavy atom. The maximum Gasteiger partial charge on any atom is 0.328 e. The van der Waals surface area contributed by atoms with E-state index in [2.05, 4.69) is 10.2 Å². The SMILES string of the molecule is CCOC(=O)C(CCc1ccccc1)NC(C)C(=O)N1C(C(=O)OCCCON(O)O)CC2CCCC21. The molecule has 1 aliphatic carbocycles. The third-order valence-corrected chi connectivity index (χ3v) is 7.06. The standard InChI is InChI=1S/C26H39N3O8/c1-3-35-25(31)21(14-13-19-9-5-4-6-10-19)27-18(2)24(30)28-22-12-7-11-20(22)17-23(28)26(32)36-15-8-16-37-29(33)34/h4-6,9-10,18,20-23,27,33-34H,3,7-8,11-17H2,1-2H3. The average Bonchev–Trinajstić information content (AvgIpc) is 3.48. The lowest BCUT2D eigenvalue weighted by atomic mass is 10.0. The van der Waals surface area contributed by atoms with Crippen molar-refractivity contribution in [1.29, 1.82) is 0 Å². The van der Waals surface area contributed by atoms with Crippen LogP contribution in [0.1, 0.15) is 57.9 Å². The molecule has 1 aromatic rings. The molecule has 11 nitrogen and oxygen atoms in total. The van der Waals surface area contributed by atoms with E-state index in [-0.39, 0.29) is 44.1 Å². The Kier molecular flexibility index (Phi) is 11.3. The molecule has 5 unspecified atom stereocenters. The molecule has 0 radical (unpaired) electrons. The van der Waals surface area contributed by atoms with Gasteiger partial charge in [0, 0.05) is 12.5 Å². The number of nitrogens with one attached hydrogen (secondary N) is 1. The molecule has 2 fully saturated rings. The second-order valence-electron chi connectivity index (χ2n) is 9.58. The fourth-order valence-electron chi connectivity index (χ4n) is 5.36. The van der Waals surface area contributed by atoms with Crippen molar-refractivity contribution in [2.24, 2.45) is 5.92 Å². The van der Waals surface area contributed by atoms with Crippen LogP contribution in [0.2, 0.25) is 0 Å². The maximum atomic E-state index is 13.7. The number of hydrogen-bond acceptors (Lipinski definition) is 10. The van der Waals surface area contributed by atoms with Gasteiger partial charge in [-0.3, -0.25) is 30.2 Å². The third kappa shape index (κ3) is 8.21. The molecule has 11 heteroatoms. The summed E-state index contributed by atoms with van der Waals surface area (Å²) in [5.41, 5.74) is 1.09. The van der Waals surface area contributed by atoms with Crippen LogP contribution < -0.4 is 5.32 Å². The minimum absolute atomic E-state index is 0.0265. The zero-order valence-corrected chi connectivity index (χ0v) is 21.6. The number of likely N-dealkylation sites (tertiary alicyclic amines) is 1. The highest BCUT2D eigenvalue weighted by Crippen LogP contribution is 2.42. The molecule has 5 atom stereocenters. The van der Waals surface area contributed by atoms with Crippen LogP contribution in [0.3, 0.4) is 0 Å². The van der Waals surface area contributed by atoms with Gasteiger partial charge in [-0.25, -0.2) is 4.79 Å². The van der Waals surface area contributed by atoms with E-state index in [1.165, 1.54) is 0 Å². The summed E-state index contributed by atoms with van der Waals surface area (Å²) in [4.78, 5) is 45.4. The average molecular weight is 522 g/mol. The summed E-state index contributed by atoms with van der Waals surface area (Å²) in [5.74, 6) is -0.871. The molecule has 2 aliphatic rings. The molecule has 37 heavy (non-hydrogen) atoms. The van der Waals surface area contributed by atoms with Crippen molar-refractivity contribution >= 4 is 17.8 Å². The number of aryl methyl sites for hydroxylation is 1. The first-order valence-corrected chi connectivity index (χ1v) is 13.1. The molecule has 3 N–H and O–H groups in total. The molecule has 1 heterocycles. The van der Waals surface area contributed by atoms with E-state index < -0.39 is 35.5 Å². The van der Waals surface area contributed by atoms with Crippen LogP contribution in [-0.4, -0.2) is 82.5 Å². The molecule has 1 saturated carbocycles. The summed E-state index contributed by atoms with van der Waals surface area (Å²) in [6.07, 6.45) is 4.72. The zero-order valence-electron chi connectivity index (χ0n) is 21.6. The van der Waals surface area contributed by atoms with E-state index >= 15 is 0 Å². The quantitative estimate of drug-likeness (QED) is 0.190. The lowest BCUT2D eigenvalue weighted by Gasteiger charge is -2.32. The molecule has 3 rings (SSSR count). The van der Waals surface area contributed by atoms with Gasteiger partial charge < -0.3 is 14.4 Å². The monoisotopic (exact) mass is 521 g/mol. The zero-order chi connectivity index (χ0) is 26.8. The number of fused-ring (bicyclic) bond motifs is 1. The van der Waals surface area contributed by atoms with Crippen molar-refractivity contribution in [2.45, 2.75) is 83.0 Å². The van der Waals surface area contributed by atoms with Gasteiger partial charge in [0.2, 0.25) is 5.91 Å². The molecule has 206 valence electrons. The predicted molar refractivity (Wildman–Crippen MR) is 131 cm³/mol. The summed E-state index contributed by atoms with van der Waals surface area (Å²) in [7, 11) is 0. The third-order valence-electron chi connectivity index (χ3n) is 7.06. The van der Waals surface area contributed by atoms with Gasteiger partial charge in [0.1, 0.15) is 12.1 Å². The van der Waals surface area contributed by atoms with Gasteiger partial charge >= 0.3 is 11.9 Å². The van der Waals surface area contributed by atoms with Gasteiger partial charge in [-0.1, -0.05) is 36.8 Å². The van der Waals surface area contributed by atoms with Crippen molar-refractivity contribution in [1.82, 2.24) is 15.6 Å². The Labute approximate surface area is 217 Å². The van der Waals surface area contributed by atoms with Crippen LogP contribution in [0.5, 0.6) is 0 Å². The second-order valence-corrected chi connectivity index (χ2v) is 9.58. The van der Waals surface area contributed by atoms with Gasteiger partial charge in [0.05, 0.1) is 31.3 Å². The van der Waals surface area contributed by atoms with Crippen LogP contribution in [-0.2, 0) is 35.1 Å². The summed E-state index contributed by atoms with van der Waals surface area (Å²) in [5, 5.41) is 19.9. The molecule has 1 saturated heterocycles. The van der Waals surface area contributed by atoms with Crippen LogP contribution in [0.15, 0.2) is 30.3 Å². The van der Waals surface area contributed by atoms with Crippen molar-refractivity contribution in [3.8, 4) is 0 Å². The van der Waals surface area contributed by atoms with Gasteiger partial charge in [-0.05, 0) is 57.4 Å². The van der Waals surface area contributed by atoms with E-state index in [1.54, 1.807) is 18.7 Å². The Balaban J connectivity index is 1.63. The van der Waals surface area contributed by atoms with Crippen molar-refractivity contribution in [2.75, 3.05) is 19.8 Å². The number of carbonyl (C=O) groups excluding carboxylic acids is 3. The largest absolute Gasteiger partial charge is 0.465 e. The summed E-state index contributed by atoms with van der Waals surface area (Å²) < 4.78 is 10.6. The van der Waals surface area contributed by atoms with E-state index in [0.29, 0.717) is 19.3 Å². The van der Waals surface area contributed by atoms with Crippen LogP contribution in [0, 0.1) is 5.92 Å². The lowest BCUT2D eigenvalue weighted by molar-refractivity contribution is -0.492. The molecule has 1 aliphatic heterocycles. The van der Waals surface area contributed by atoms with E-state index in [0.717, 1.165) is 24.8 Å². The predicted octanol–water partition coefficient (Wildman–Crippen LogP) is 2.24. The smallest absolute Gasteiger partial charge is 0.328 e. The molecule has 0 spiro atoms. The van der Waals surface area contributed by atoms with Crippen molar-refractivity contribution in [3.63, 3.8) is 0 Å². The van der Waals surface area contributed by atoms with E-state index in [1.807, 2.05) is 30.3 Å². The van der Waals surface area contributed by atoms with Gasteiger partial charge in [0.15, 0.2) is 0 Å². The molecular weight excluding hydrogens is 482 g/mol. The minimum Gasteiger partial charge on any atom is -0.465 e. The van der Waals surface area contributed by atoms with Crippen molar-refractivity contribution < 1.29 is 39.1 Å². The normalized spacial score (nSPS) is 22.5. The molecule has 1 aromatic carbocycles.